The van der Waals surface area contributed by atoms with Gasteiger partial charge in [0.05, 0.1) is 11.4 Å². The minimum absolute atomic E-state index is 0.606. The summed E-state index contributed by atoms with van der Waals surface area (Å²) in [4.78, 5) is 0. The molecular formula is C14H8Cl6N2S2. The molecule has 0 spiro atoms. The Hall–Kier alpha value is 0.480. The van der Waals surface area contributed by atoms with E-state index in [2.05, 4.69) is 0 Å². The van der Waals surface area contributed by atoms with Crippen LogP contribution in [0.4, 0.5) is 11.4 Å². The molecule has 1 heterocycles. The van der Waals surface area contributed by atoms with Gasteiger partial charge < -0.3 is 0 Å². The van der Waals surface area contributed by atoms with E-state index in [1.165, 1.54) is 0 Å². The van der Waals surface area contributed by atoms with Gasteiger partial charge in [-0.15, -0.1) is 0 Å². The maximum atomic E-state index is 6.53. The van der Waals surface area contributed by atoms with Crippen molar-refractivity contribution in [2.24, 2.45) is 0 Å². The molecule has 0 aromatic heterocycles. The number of benzene rings is 2. The van der Waals surface area contributed by atoms with E-state index in [-0.39, 0.29) is 0 Å². The second-order valence-electron chi connectivity index (χ2n) is 4.70. The van der Waals surface area contributed by atoms with Crippen LogP contribution in [0.25, 0.3) is 0 Å². The van der Waals surface area contributed by atoms with E-state index in [9.17, 15) is 0 Å². The zero-order valence-electron chi connectivity index (χ0n) is 11.6. The van der Waals surface area contributed by atoms with Gasteiger partial charge >= 0.3 is 0 Å². The van der Waals surface area contributed by atoms with Gasteiger partial charge in [-0.25, -0.2) is 0 Å². The van der Waals surface area contributed by atoms with Crippen molar-refractivity contribution >= 4 is 105 Å². The third kappa shape index (κ3) is 4.07. The molecule has 0 saturated carbocycles. The zero-order chi connectivity index (χ0) is 17.5. The van der Waals surface area contributed by atoms with Gasteiger partial charge in [-0.3, -0.25) is 8.61 Å². The summed E-state index contributed by atoms with van der Waals surface area (Å²) >= 11 is 40.2. The highest BCUT2D eigenvalue weighted by atomic mass is 35.5. The van der Waals surface area contributed by atoms with Crippen molar-refractivity contribution in [2.75, 3.05) is 8.61 Å². The Morgan fingerprint density at radius 2 is 0.875 bits per heavy atom. The van der Waals surface area contributed by atoms with Gasteiger partial charge in [-0.2, -0.15) is 0 Å². The van der Waals surface area contributed by atoms with Crippen molar-refractivity contribution in [3.63, 3.8) is 0 Å². The molecule has 2 aromatic rings. The van der Waals surface area contributed by atoms with E-state index in [1.807, 2.05) is 0 Å². The number of anilines is 2. The molecule has 10 heteroatoms. The molecule has 0 aliphatic carbocycles. The Kier molecular flexibility index (Phi) is 5.81. The number of halogens is 6. The molecule has 1 aliphatic heterocycles. The first kappa shape index (κ1) is 19.2. The minimum atomic E-state index is -1.34. The van der Waals surface area contributed by atoms with Crippen LogP contribution in [-0.4, -0.2) is 7.58 Å². The first-order chi connectivity index (χ1) is 11.2. The van der Waals surface area contributed by atoms with Crippen molar-refractivity contribution in [3.05, 3.63) is 58.6 Å². The lowest BCUT2D eigenvalue weighted by atomic mass is 10.3. The number of rotatable bonds is 2. The molecule has 0 radical (unpaired) electrons. The summed E-state index contributed by atoms with van der Waals surface area (Å²) in [5.74, 6) is 0. The SMILES string of the molecule is Clc1ccc(N2SC(Cl)(Cl)N(c3ccc(Cl)cc3)SC2(Cl)Cl)cc1. The van der Waals surface area contributed by atoms with Crippen LogP contribution < -0.4 is 8.61 Å². The molecule has 2 nitrogen and oxygen atoms in total. The fraction of sp³-hybridized carbons (Fsp3) is 0.143. The average molecular weight is 481 g/mol. The van der Waals surface area contributed by atoms with Crippen LogP contribution in [0, 0.1) is 0 Å². The van der Waals surface area contributed by atoms with Crippen molar-refractivity contribution < 1.29 is 0 Å². The number of alkyl halides is 4. The maximum absolute atomic E-state index is 6.53. The summed E-state index contributed by atoms with van der Waals surface area (Å²) in [5, 5.41) is 1.21. The smallest absolute Gasteiger partial charge is 0.267 e. The van der Waals surface area contributed by atoms with Crippen molar-refractivity contribution in [3.8, 4) is 0 Å². The minimum Gasteiger partial charge on any atom is -0.268 e. The molecule has 0 amide bonds. The summed E-state index contributed by atoms with van der Waals surface area (Å²) in [6.45, 7) is 0. The summed E-state index contributed by atoms with van der Waals surface area (Å²) < 4.78 is 0.573. The molecule has 0 bridgehead atoms. The lowest BCUT2D eigenvalue weighted by molar-refractivity contribution is 1.05. The molecule has 3 rings (SSSR count). The summed E-state index contributed by atoms with van der Waals surface area (Å²) in [6, 6.07) is 14.1. The molecule has 1 fully saturated rings. The number of hydrogen-bond donors (Lipinski definition) is 0. The molecule has 1 saturated heterocycles. The van der Waals surface area contributed by atoms with E-state index in [0.717, 1.165) is 35.3 Å². The molecule has 1 aliphatic rings. The Morgan fingerprint density at radius 3 is 1.17 bits per heavy atom. The Morgan fingerprint density at radius 1 is 0.583 bits per heavy atom. The average Bonchev–Trinajstić information content (AvgIpc) is 2.51. The number of hydrogen-bond acceptors (Lipinski definition) is 4. The first-order valence-corrected chi connectivity index (χ1v) is 10.3. The Bertz CT molecular complexity index is 660. The van der Waals surface area contributed by atoms with E-state index in [1.54, 1.807) is 57.1 Å². The summed E-state index contributed by atoms with van der Waals surface area (Å²) in [7, 11) is 0. The van der Waals surface area contributed by atoms with Crippen LogP contribution in [0.2, 0.25) is 10.0 Å². The molecule has 24 heavy (non-hydrogen) atoms. The maximum Gasteiger partial charge on any atom is 0.267 e. The topological polar surface area (TPSA) is 6.48 Å². The fourth-order valence-corrected chi connectivity index (χ4v) is 5.73. The van der Waals surface area contributed by atoms with Crippen molar-refractivity contribution in [1.82, 2.24) is 0 Å². The van der Waals surface area contributed by atoms with Gasteiger partial charge in [0.1, 0.15) is 0 Å². The third-order valence-electron chi connectivity index (χ3n) is 3.00. The monoisotopic (exact) mass is 478 g/mol. The second kappa shape index (κ2) is 7.24. The van der Waals surface area contributed by atoms with Gasteiger partial charge in [-0.05, 0) is 48.5 Å². The Balaban J connectivity index is 1.93. The molecule has 0 unspecified atom stereocenters. The lowest BCUT2D eigenvalue weighted by Crippen LogP contribution is -2.49. The predicted molar refractivity (Wildman–Crippen MR) is 112 cm³/mol. The van der Waals surface area contributed by atoms with Crippen LogP contribution in [-0.2, 0) is 0 Å². The van der Waals surface area contributed by atoms with E-state index < -0.39 is 7.58 Å². The lowest BCUT2D eigenvalue weighted by Gasteiger charge is -2.48. The van der Waals surface area contributed by atoms with Crippen molar-refractivity contribution in [2.45, 2.75) is 7.58 Å². The second-order valence-corrected chi connectivity index (χ2v) is 11.3. The fourth-order valence-electron chi connectivity index (χ4n) is 1.96. The van der Waals surface area contributed by atoms with Crippen LogP contribution in [0.15, 0.2) is 48.5 Å². The van der Waals surface area contributed by atoms with Gasteiger partial charge in [0.25, 0.3) is 7.58 Å². The van der Waals surface area contributed by atoms with Gasteiger partial charge in [-0.1, -0.05) is 69.6 Å². The van der Waals surface area contributed by atoms with Gasteiger partial charge in [0.2, 0.25) is 0 Å². The van der Waals surface area contributed by atoms with Crippen LogP contribution >= 0.6 is 93.5 Å². The highest BCUT2D eigenvalue weighted by Crippen LogP contribution is 2.61. The van der Waals surface area contributed by atoms with Gasteiger partial charge in [0.15, 0.2) is 0 Å². The van der Waals surface area contributed by atoms with Crippen LogP contribution in [0.1, 0.15) is 0 Å². The zero-order valence-corrected chi connectivity index (χ0v) is 17.8. The Labute approximate surface area is 178 Å². The summed E-state index contributed by atoms with van der Waals surface area (Å²) in [6.07, 6.45) is 0. The van der Waals surface area contributed by atoms with Crippen LogP contribution in [0.5, 0.6) is 0 Å². The molecule has 128 valence electrons. The summed E-state index contributed by atoms with van der Waals surface area (Å²) in [5.41, 5.74) is 1.45. The molecular weight excluding hydrogens is 473 g/mol. The first-order valence-electron chi connectivity index (χ1n) is 6.44. The van der Waals surface area contributed by atoms with Crippen LogP contribution in [0.3, 0.4) is 0 Å². The van der Waals surface area contributed by atoms with Gasteiger partial charge in [0, 0.05) is 33.9 Å². The van der Waals surface area contributed by atoms with E-state index >= 15 is 0 Å². The highest BCUT2D eigenvalue weighted by molar-refractivity contribution is 8.13. The largest absolute Gasteiger partial charge is 0.268 e. The van der Waals surface area contributed by atoms with E-state index in [4.69, 9.17) is 69.6 Å². The highest BCUT2D eigenvalue weighted by Gasteiger charge is 2.52. The normalized spacial score (nSPS) is 19.4. The standard InChI is InChI=1S/C14H8Cl6N2S2/c15-9-1-5-11(6-2-9)21-13(17,18)24-22(14(19,20)23-21)12-7-3-10(16)4-8-12/h1-8H. The molecule has 0 N–H and O–H groups in total. The molecule has 2 aromatic carbocycles. The van der Waals surface area contributed by atoms with E-state index in [0.29, 0.717) is 10.0 Å². The number of nitrogens with zero attached hydrogens (tertiary/aromatic N) is 2. The van der Waals surface area contributed by atoms with Crippen molar-refractivity contribution in [1.29, 1.82) is 0 Å². The quantitative estimate of drug-likeness (QED) is 0.245. The molecule has 0 atom stereocenters. The predicted octanol–water partition coefficient (Wildman–Crippen LogP) is 7.79. The third-order valence-corrected chi connectivity index (χ3v) is 7.78.